The van der Waals surface area contributed by atoms with E-state index in [9.17, 15) is 14.0 Å². The van der Waals surface area contributed by atoms with E-state index in [1.54, 1.807) is 43.5 Å². The van der Waals surface area contributed by atoms with Crippen LogP contribution < -0.4 is 26.0 Å². The van der Waals surface area contributed by atoms with E-state index in [0.717, 1.165) is 5.56 Å². The van der Waals surface area contributed by atoms with E-state index in [4.69, 9.17) is 4.74 Å². The second-order valence-electron chi connectivity index (χ2n) is 6.42. The highest BCUT2D eigenvalue weighted by Gasteiger charge is 2.13. The van der Waals surface area contributed by atoms with Crippen LogP contribution in [0.15, 0.2) is 66.7 Å². The van der Waals surface area contributed by atoms with Crippen LogP contribution in [0.3, 0.4) is 0 Å². The van der Waals surface area contributed by atoms with Crippen LogP contribution in [0, 0.1) is 12.7 Å². The number of hydrogen-bond donors (Lipinski definition) is 4. The average molecular weight is 408 g/mol. The predicted octanol–water partition coefficient (Wildman–Crippen LogP) is 5.43. The van der Waals surface area contributed by atoms with Crippen LogP contribution in [0.5, 0.6) is 5.75 Å². The number of anilines is 4. The molecule has 0 saturated heterocycles. The van der Waals surface area contributed by atoms with E-state index < -0.39 is 17.9 Å². The van der Waals surface area contributed by atoms with Gasteiger partial charge in [-0.3, -0.25) is 0 Å². The molecule has 7 nitrogen and oxygen atoms in total. The molecule has 3 rings (SSSR count). The molecule has 0 fully saturated rings. The Hall–Kier alpha value is -4.07. The van der Waals surface area contributed by atoms with Crippen molar-refractivity contribution in [1.29, 1.82) is 0 Å². The zero-order valence-electron chi connectivity index (χ0n) is 16.5. The summed E-state index contributed by atoms with van der Waals surface area (Å²) in [5, 5.41) is 10.1. The number of amides is 4. The number of nitrogens with one attached hydrogen (secondary N) is 4. The summed E-state index contributed by atoms with van der Waals surface area (Å²) in [7, 11) is 1.54. The third kappa shape index (κ3) is 5.48. The first-order chi connectivity index (χ1) is 14.4. The van der Waals surface area contributed by atoms with Gasteiger partial charge in [0, 0.05) is 11.4 Å². The molecule has 0 aromatic heterocycles. The normalized spacial score (nSPS) is 10.1. The molecule has 0 aliphatic heterocycles. The van der Waals surface area contributed by atoms with Gasteiger partial charge in [0.05, 0.1) is 18.5 Å². The first kappa shape index (κ1) is 20.7. The molecule has 0 bridgehead atoms. The van der Waals surface area contributed by atoms with Gasteiger partial charge in [0.25, 0.3) is 0 Å². The Labute approximate surface area is 173 Å². The molecule has 4 amide bonds. The molecular weight excluding hydrogens is 387 g/mol. The van der Waals surface area contributed by atoms with Gasteiger partial charge in [-0.25, -0.2) is 14.0 Å². The fourth-order valence-corrected chi connectivity index (χ4v) is 2.61. The molecule has 0 atom stereocenters. The number of aryl methyl sites for hydroxylation is 1. The Morgan fingerprint density at radius 3 is 1.67 bits per heavy atom. The van der Waals surface area contributed by atoms with E-state index in [-0.39, 0.29) is 11.4 Å². The van der Waals surface area contributed by atoms with Crippen LogP contribution in [-0.2, 0) is 0 Å². The van der Waals surface area contributed by atoms with Crippen molar-refractivity contribution in [2.24, 2.45) is 0 Å². The minimum Gasteiger partial charge on any atom is -0.497 e. The lowest BCUT2D eigenvalue weighted by atomic mass is 10.2. The van der Waals surface area contributed by atoms with Crippen LogP contribution in [0.4, 0.5) is 36.7 Å². The second kappa shape index (κ2) is 9.42. The Kier molecular flexibility index (Phi) is 6.49. The van der Waals surface area contributed by atoms with Crippen molar-refractivity contribution in [2.75, 3.05) is 28.4 Å². The number of carbonyl (C=O) groups is 2. The molecule has 0 spiro atoms. The summed E-state index contributed by atoms with van der Waals surface area (Å²) in [6.07, 6.45) is 0. The van der Waals surface area contributed by atoms with Crippen molar-refractivity contribution in [3.05, 3.63) is 78.1 Å². The first-order valence-corrected chi connectivity index (χ1v) is 9.10. The number of rotatable bonds is 5. The molecule has 8 heteroatoms. The maximum Gasteiger partial charge on any atom is 0.323 e. The van der Waals surface area contributed by atoms with Crippen molar-refractivity contribution in [2.45, 2.75) is 6.92 Å². The van der Waals surface area contributed by atoms with Gasteiger partial charge in [0.1, 0.15) is 5.75 Å². The first-order valence-electron chi connectivity index (χ1n) is 9.10. The summed E-state index contributed by atoms with van der Waals surface area (Å²) >= 11 is 0. The number of carbonyl (C=O) groups excluding carboxylic acids is 2. The van der Waals surface area contributed by atoms with Gasteiger partial charge in [-0.2, -0.15) is 0 Å². The minimum atomic E-state index is -0.763. The maximum absolute atomic E-state index is 14.7. The summed E-state index contributed by atoms with van der Waals surface area (Å²) in [6, 6.07) is 17.0. The predicted molar refractivity (Wildman–Crippen MR) is 116 cm³/mol. The molecule has 0 aliphatic carbocycles. The second-order valence-corrected chi connectivity index (χ2v) is 6.42. The molecule has 0 saturated carbocycles. The monoisotopic (exact) mass is 408 g/mol. The summed E-state index contributed by atoms with van der Waals surface area (Å²) in [5.74, 6) is -0.115. The van der Waals surface area contributed by atoms with Gasteiger partial charge in [-0.1, -0.05) is 23.8 Å². The highest BCUT2D eigenvalue weighted by atomic mass is 19.1. The Bertz CT molecular complexity index is 1040. The quantitative estimate of drug-likeness (QED) is 0.454. The number of urea groups is 2. The third-order valence-electron chi connectivity index (χ3n) is 4.15. The molecule has 0 unspecified atom stereocenters. The highest BCUT2D eigenvalue weighted by molar-refractivity contribution is 6.02. The highest BCUT2D eigenvalue weighted by Crippen LogP contribution is 2.23. The van der Waals surface area contributed by atoms with Crippen LogP contribution in [0.25, 0.3) is 0 Å². The molecule has 3 aromatic carbocycles. The largest absolute Gasteiger partial charge is 0.497 e. The molecule has 154 valence electrons. The van der Waals surface area contributed by atoms with Crippen LogP contribution in [0.2, 0.25) is 0 Å². The van der Waals surface area contributed by atoms with E-state index in [0.29, 0.717) is 17.1 Å². The lowest BCUT2D eigenvalue weighted by molar-refractivity contribution is 0.261. The van der Waals surface area contributed by atoms with Gasteiger partial charge in [0.2, 0.25) is 0 Å². The molecule has 0 heterocycles. The topological polar surface area (TPSA) is 91.5 Å². The summed E-state index contributed by atoms with van der Waals surface area (Å²) in [4.78, 5) is 24.3. The zero-order chi connectivity index (χ0) is 21.5. The fourth-order valence-electron chi connectivity index (χ4n) is 2.61. The van der Waals surface area contributed by atoms with Gasteiger partial charge in [0.15, 0.2) is 5.82 Å². The number of hydrogen-bond acceptors (Lipinski definition) is 3. The van der Waals surface area contributed by atoms with Crippen LogP contribution in [-0.4, -0.2) is 19.2 Å². The van der Waals surface area contributed by atoms with E-state index in [1.165, 1.54) is 18.2 Å². The van der Waals surface area contributed by atoms with E-state index in [1.807, 2.05) is 19.1 Å². The van der Waals surface area contributed by atoms with Gasteiger partial charge in [-0.05, 0) is 55.5 Å². The van der Waals surface area contributed by atoms with Gasteiger partial charge < -0.3 is 26.0 Å². The smallest absolute Gasteiger partial charge is 0.323 e. The van der Waals surface area contributed by atoms with Crippen LogP contribution >= 0.6 is 0 Å². The van der Waals surface area contributed by atoms with Crippen molar-refractivity contribution < 1.29 is 18.7 Å². The summed E-state index contributed by atoms with van der Waals surface area (Å²) in [6.45, 7) is 1.93. The fraction of sp³-hybridized carbons (Fsp3) is 0.0909. The number of benzene rings is 3. The molecule has 0 radical (unpaired) electrons. The minimum absolute atomic E-state index is 0.0677. The molecular formula is C22H21FN4O3. The summed E-state index contributed by atoms with van der Waals surface area (Å²) in [5.41, 5.74) is 2.00. The average Bonchev–Trinajstić information content (AvgIpc) is 2.73. The standard InChI is InChI=1S/C22H21FN4O3/c1-14-6-8-15(9-7-14)24-21(28)26-18-4-3-5-19(20(18)23)27-22(29)25-16-10-12-17(30-2)13-11-16/h3-13H,1-2H3,(H2,24,26,28)(H2,25,27,29). The van der Waals surface area contributed by atoms with Crippen molar-refractivity contribution in [1.82, 2.24) is 0 Å². The van der Waals surface area contributed by atoms with E-state index in [2.05, 4.69) is 21.3 Å². The van der Waals surface area contributed by atoms with Gasteiger partial charge >= 0.3 is 12.1 Å². The number of halogens is 1. The van der Waals surface area contributed by atoms with Crippen molar-refractivity contribution >= 4 is 34.8 Å². The lowest BCUT2D eigenvalue weighted by Gasteiger charge is -2.12. The lowest BCUT2D eigenvalue weighted by Crippen LogP contribution is -2.22. The van der Waals surface area contributed by atoms with Crippen molar-refractivity contribution in [3.8, 4) is 5.75 Å². The third-order valence-corrected chi connectivity index (χ3v) is 4.15. The van der Waals surface area contributed by atoms with E-state index >= 15 is 0 Å². The summed E-state index contributed by atoms with van der Waals surface area (Å²) < 4.78 is 19.8. The molecule has 3 aromatic rings. The Balaban J connectivity index is 1.62. The number of ether oxygens (including phenoxy) is 1. The molecule has 0 aliphatic rings. The zero-order valence-corrected chi connectivity index (χ0v) is 16.5. The Morgan fingerprint density at radius 2 is 1.20 bits per heavy atom. The van der Waals surface area contributed by atoms with Gasteiger partial charge in [-0.15, -0.1) is 0 Å². The van der Waals surface area contributed by atoms with Crippen LogP contribution in [0.1, 0.15) is 5.56 Å². The maximum atomic E-state index is 14.7. The molecule has 4 N–H and O–H groups in total. The molecule has 30 heavy (non-hydrogen) atoms. The SMILES string of the molecule is COc1ccc(NC(=O)Nc2cccc(NC(=O)Nc3ccc(C)cc3)c2F)cc1. The Morgan fingerprint density at radius 1 is 0.733 bits per heavy atom. The van der Waals surface area contributed by atoms with Crippen molar-refractivity contribution in [3.63, 3.8) is 0 Å². The number of methoxy groups -OCH3 is 1.